The maximum absolute atomic E-state index is 11.6. The topological polar surface area (TPSA) is 107 Å². The zero-order valence-electron chi connectivity index (χ0n) is 20.8. The number of hydrogen-bond acceptors (Lipinski definition) is 9. The molecule has 0 spiro atoms. The van der Waals surface area contributed by atoms with Crippen molar-refractivity contribution in [2.75, 3.05) is 19.8 Å². The van der Waals surface area contributed by atoms with Crippen LogP contribution in [0.5, 0.6) is 0 Å². The lowest BCUT2D eigenvalue weighted by Gasteiger charge is -2.33. The van der Waals surface area contributed by atoms with Gasteiger partial charge < -0.3 is 28.4 Å². The van der Waals surface area contributed by atoms with Crippen LogP contribution >= 0.6 is 0 Å². The third-order valence-electron chi connectivity index (χ3n) is 4.51. The molecule has 0 radical (unpaired) electrons. The number of carbonyl (C=O) groups is 3. The Morgan fingerprint density at radius 2 is 0.812 bits per heavy atom. The van der Waals surface area contributed by atoms with E-state index in [1.807, 2.05) is 27.7 Å². The van der Waals surface area contributed by atoms with Gasteiger partial charge in [-0.05, 0) is 0 Å². The van der Waals surface area contributed by atoms with E-state index < -0.39 is 24.3 Å². The summed E-state index contributed by atoms with van der Waals surface area (Å²) in [5, 5.41) is 0. The maximum atomic E-state index is 11.6. The Kier molecular flexibility index (Phi) is 16.0. The molecule has 0 saturated heterocycles. The fraction of sp³-hybridized carbons (Fsp3) is 0.870. The number of carbonyl (C=O) groups excluding carboxylic acids is 3. The second-order valence-corrected chi connectivity index (χ2v) is 7.79. The molecule has 3 atom stereocenters. The Hall–Kier alpha value is -1.71. The largest absolute Gasteiger partial charge is 0.436 e. The molecular weight excluding hydrogens is 420 g/mol. The van der Waals surface area contributed by atoms with Gasteiger partial charge in [0.05, 0.1) is 19.8 Å². The van der Waals surface area contributed by atoms with Crippen molar-refractivity contribution in [2.24, 2.45) is 5.41 Å². The van der Waals surface area contributed by atoms with E-state index in [2.05, 4.69) is 0 Å². The number of rotatable bonds is 18. The van der Waals surface area contributed by atoms with Crippen molar-refractivity contribution in [3.05, 3.63) is 0 Å². The molecule has 0 N–H and O–H groups in total. The Morgan fingerprint density at radius 3 is 1.00 bits per heavy atom. The van der Waals surface area contributed by atoms with Gasteiger partial charge in [0, 0.05) is 43.9 Å². The molecule has 0 aliphatic carbocycles. The molecule has 0 rings (SSSR count). The van der Waals surface area contributed by atoms with Crippen LogP contribution in [0.4, 0.5) is 0 Å². The third kappa shape index (κ3) is 13.0. The van der Waals surface area contributed by atoms with Crippen molar-refractivity contribution in [1.29, 1.82) is 0 Å². The van der Waals surface area contributed by atoms with Gasteiger partial charge in [-0.3, -0.25) is 14.4 Å². The molecule has 0 aromatic heterocycles. The molecule has 9 heteroatoms. The zero-order chi connectivity index (χ0) is 24.6. The lowest BCUT2D eigenvalue weighted by molar-refractivity contribution is -0.217. The average Bonchev–Trinajstić information content (AvgIpc) is 2.81. The summed E-state index contributed by atoms with van der Waals surface area (Å²) < 4.78 is 33.4. The van der Waals surface area contributed by atoms with Gasteiger partial charge >= 0.3 is 17.9 Å². The predicted octanol–water partition coefficient (Wildman–Crippen LogP) is 4.11. The van der Waals surface area contributed by atoms with Gasteiger partial charge in [-0.15, -0.1) is 0 Å². The molecule has 188 valence electrons. The Morgan fingerprint density at radius 1 is 0.562 bits per heavy atom. The van der Waals surface area contributed by atoms with Crippen LogP contribution in [0.15, 0.2) is 0 Å². The molecule has 0 bridgehead atoms. The van der Waals surface area contributed by atoms with E-state index in [-0.39, 0.29) is 57.0 Å². The first kappa shape index (κ1) is 30.3. The second-order valence-electron chi connectivity index (χ2n) is 7.79. The van der Waals surface area contributed by atoms with Crippen molar-refractivity contribution >= 4 is 17.9 Å². The van der Waals surface area contributed by atoms with Crippen molar-refractivity contribution in [3.8, 4) is 0 Å². The van der Waals surface area contributed by atoms with Crippen LogP contribution in [0.1, 0.15) is 87.0 Å². The summed E-state index contributed by atoms with van der Waals surface area (Å²) in [6.07, 6.45) is 0.148. The van der Waals surface area contributed by atoms with Crippen LogP contribution < -0.4 is 0 Å². The van der Waals surface area contributed by atoms with Crippen LogP contribution in [0.2, 0.25) is 0 Å². The minimum absolute atomic E-state index is 0.152. The summed E-state index contributed by atoms with van der Waals surface area (Å²) in [6.45, 7) is 13.0. The summed E-state index contributed by atoms with van der Waals surface area (Å²) in [7, 11) is 0. The highest BCUT2D eigenvalue weighted by atomic mass is 16.7. The quantitative estimate of drug-likeness (QED) is 0.169. The van der Waals surface area contributed by atoms with Gasteiger partial charge in [0.2, 0.25) is 18.9 Å². The lowest BCUT2D eigenvalue weighted by Crippen LogP contribution is -2.40. The average molecular weight is 463 g/mol. The van der Waals surface area contributed by atoms with Crippen LogP contribution in [0.3, 0.4) is 0 Å². The first-order valence-electron chi connectivity index (χ1n) is 11.6. The molecule has 32 heavy (non-hydrogen) atoms. The van der Waals surface area contributed by atoms with E-state index in [1.165, 1.54) is 0 Å². The van der Waals surface area contributed by atoms with E-state index in [0.717, 1.165) is 0 Å². The lowest BCUT2D eigenvalue weighted by atomic mass is 9.94. The van der Waals surface area contributed by atoms with E-state index in [9.17, 15) is 14.4 Å². The fourth-order valence-corrected chi connectivity index (χ4v) is 2.40. The molecule has 3 unspecified atom stereocenters. The van der Waals surface area contributed by atoms with Gasteiger partial charge in [-0.2, -0.15) is 0 Å². The van der Waals surface area contributed by atoms with Gasteiger partial charge in [0.1, 0.15) is 0 Å². The number of ether oxygens (including phenoxy) is 6. The van der Waals surface area contributed by atoms with Crippen molar-refractivity contribution in [2.45, 2.75) is 106 Å². The van der Waals surface area contributed by atoms with Gasteiger partial charge in [-0.1, -0.05) is 48.5 Å². The van der Waals surface area contributed by atoms with Crippen molar-refractivity contribution < 1.29 is 42.8 Å². The standard InChI is InChI=1S/C23H42O9/c1-8-17(24)30-20(11-4)27-14-23(7,15-28-21(12-5)31-18(25)9-2)16-29-22(13-6)32-19(26)10-3/h20-22H,8-16H2,1-7H3. The Labute approximate surface area is 192 Å². The third-order valence-corrected chi connectivity index (χ3v) is 4.51. The fourth-order valence-electron chi connectivity index (χ4n) is 2.40. The molecule has 0 amide bonds. The Bertz CT molecular complexity index is 476. The van der Waals surface area contributed by atoms with Crippen LogP contribution in [0, 0.1) is 5.41 Å². The molecule has 0 saturated carbocycles. The summed E-state index contributed by atoms with van der Waals surface area (Å²) in [5.74, 6) is -1.04. The van der Waals surface area contributed by atoms with Crippen LogP contribution in [-0.2, 0) is 42.8 Å². The highest BCUT2D eigenvalue weighted by Gasteiger charge is 2.31. The highest BCUT2D eigenvalue weighted by molar-refractivity contribution is 5.69. The van der Waals surface area contributed by atoms with E-state index in [1.54, 1.807) is 20.8 Å². The minimum atomic E-state index is -0.693. The van der Waals surface area contributed by atoms with Gasteiger partial charge in [0.15, 0.2) is 0 Å². The van der Waals surface area contributed by atoms with Gasteiger partial charge in [-0.25, -0.2) is 0 Å². The first-order chi connectivity index (χ1) is 15.2. The summed E-state index contributed by atoms with van der Waals surface area (Å²) in [5.41, 5.74) is -0.690. The molecule has 0 heterocycles. The molecule has 0 aliphatic rings. The molecule has 9 nitrogen and oxygen atoms in total. The smallest absolute Gasteiger partial charge is 0.307 e. The second kappa shape index (κ2) is 16.9. The Balaban J connectivity index is 5.20. The molecule has 0 fully saturated rings. The predicted molar refractivity (Wildman–Crippen MR) is 117 cm³/mol. The normalized spacial score (nSPS) is 15.8. The van der Waals surface area contributed by atoms with E-state index in [4.69, 9.17) is 28.4 Å². The molecule has 0 aromatic rings. The summed E-state index contributed by atoms with van der Waals surface area (Å²) >= 11 is 0. The summed E-state index contributed by atoms with van der Waals surface area (Å²) in [4.78, 5) is 34.9. The van der Waals surface area contributed by atoms with Crippen LogP contribution in [-0.4, -0.2) is 56.6 Å². The molecule has 0 aromatic carbocycles. The minimum Gasteiger partial charge on any atom is -0.436 e. The highest BCUT2D eigenvalue weighted by Crippen LogP contribution is 2.23. The number of hydrogen-bond donors (Lipinski definition) is 0. The molecule has 0 aliphatic heterocycles. The number of esters is 3. The van der Waals surface area contributed by atoms with E-state index in [0.29, 0.717) is 19.3 Å². The first-order valence-corrected chi connectivity index (χ1v) is 11.6. The molecular formula is C23H42O9. The monoisotopic (exact) mass is 462 g/mol. The van der Waals surface area contributed by atoms with Crippen molar-refractivity contribution in [3.63, 3.8) is 0 Å². The van der Waals surface area contributed by atoms with Crippen LogP contribution in [0.25, 0.3) is 0 Å². The van der Waals surface area contributed by atoms with E-state index >= 15 is 0 Å². The van der Waals surface area contributed by atoms with Crippen molar-refractivity contribution in [1.82, 2.24) is 0 Å². The maximum Gasteiger partial charge on any atom is 0.307 e. The zero-order valence-corrected chi connectivity index (χ0v) is 20.8. The van der Waals surface area contributed by atoms with Gasteiger partial charge in [0.25, 0.3) is 0 Å². The SMILES string of the molecule is CCC(=O)OC(CC)OCC(C)(COC(CC)OC(=O)CC)COC(CC)OC(=O)CC. The summed E-state index contributed by atoms with van der Waals surface area (Å²) in [6, 6.07) is 0.